The first kappa shape index (κ1) is 8.26. The molecular weight excluding hydrogens is 163 g/mol. The van der Waals surface area contributed by atoms with E-state index < -0.39 is 0 Å². The van der Waals surface area contributed by atoms with Gasteiger partial charge in [-0.2, -0.15) is 0 Å². The van der Waals surface area contributed by atoms with Gasteiger partial charge in [0.1, 0.15) is 0 Å². The molecule has 1 aliphatic carbocycles. The SMILES string of the molecule is CP(C)[C@@H]1C[C@H]1c1ccccc1. The van der Waals surface area contributed by atoms with Crippen LogP contribution in [0.25, 0.3) is 0 Å². The van der Waals surface area contributed by atoms with Gasteiger partial charge in [-0.15, -0.1) is 7.92 Å². The van der Waals surface area contributed by atoms with E-state index in [-0.39, 0.29) is 7.92 Å². The van der Waals surface area contributed by atoms with Crippen molar-refractivity contribution in [1.82, 2.24) is 0 Å². The number of hydrogen-bond acceptors (Lipinski definition) is 0. The minimum absolute atomic E-state index is 0.289. The van der Waals surface area contributed by atoms with E-state index in [1.54, 1.807) is 5.56 Å². The van der Waals surface area contributed by atoms with Crippen LogP contribution in [0.4, 0.5) is 0 Å². The molecule has 1 saturated carbocycles. The Bertz CT molecular complexity index is 253. The summed E-state index contributed by atoms with van der Waals surface area (Å²) in [6, 6.07) is 10.9. The minimum Gasteiger partial charge on any atom is -0.109 e. The minimum atomic E-state index is 0.289. The summed E-state index contributed by atoms with van der Waals surface area (Å²) >= 11 is 0. The molecule has 64 valence electrons. The van der Waals surface area contributed by atoms with Crippen molar-refractivity contribution in [3.8, 4) is 0 Å². The Morgan fingerprint density at radius 2 is 1.83 bits per heavy atom. The number of hydrogen-bond donors (Lipinski definition) is 0. The van der Waals surface area contributed by atoms with Crippen LogP contribution in [0.2, 0.25) is 0 Å². The van der Waals surface area contributed by atoms with Gasteiger partial charge in [0.25, 0.3) is 0 Å². The van der Waals surface area contributed by atoms with Gasteiger partial charge in [-0.1, -0.05) is 30.3 Å². The third-order valence-corrected chi connectivity index (χ3v) is 4.55. The van der Waals surface area contributed by atoms with Crippen molar-refractivity contribution in [1.29, 1.82) is 0 Å². The lowest BCUT2D eigenvalue weighted by Crippen LogP contribution is -1.84. The molecule has 0 bridgehead atoms. The molecule has 0 amide bonds. The zero-order chi connectivity index (χ0) is 8.55. The van der Waals surface area contributed by atoms with Crippen molar-refractivity contribution in [2.45, 2.75) is 18.0 Å². The Hall–Kier alpha value is -0.350. The third-order valence-electron chi connectivity index (χ3n) is 2.65. The Morgan fingerprint density at radius 1 is 1.17 bits per heavy atom. The van der Waals surface area contributed by atoms with Crippen LogP contribution in [0, 0.1) is 0 Å². The maximum atomic E-state index is 2.39. The van der Waals surface area contributed by atoms with Gasteiger partial charge in [0.2, 0.25) is 0 Å². The highest BCUT2D eigenvalue weighted by atomic mass is 31.1. The second kappa shape index (κ2) is 3.18. The van der Waals surface area contributed by atoms with E-state index in [1.807, 2.05) is 0 Å². The number of rotatable bonds is 2. The van der Waals surface area contributed by atoms with Gasteiger partial charge in [0, 0.05) is 0 Å². The van der Waals surface area contributed by atoms with E-state index >= 15 is 0 Å². The zero-order valence-electron chi connectivity index (χ0n) is 7.70. The first-order valence-corrected chi connectivity index (χ1v) is 6.81. The van der Waals surface area contributed by atoms with Crippen molar-refractivity contribution in [3.63, 3.8) is 0 Å². The van der Waals surface area contributed by atoms with Crippen LogP contribution in [0.5, 0.6) is 0 Å². The molecule has 1 aromatic rings. The molecule has 12 heavy (non-hydrogen) atoms. The van der Waals surface area contributed by atoms with Crippen LogP contribution in [0.3, 0.4) is 0 Å². The zero-order valence-corrected chi connectivity index (χ0v) is 8.59. The van der Waals surface area contributed by atoms with E-state index in [1.165, 1.54) is 6.42 Å². The normalized spacial score (nSPS) is 27.6. The summed E-state index contributed by atoms with van der Waals surface area (Å²) in [7, 11) is 0.289. The molecule has 0 N–H and O–H groups in total. The van der Waals surface area contributed by atoms with Gasteiger partial charge in [0.15, 0.2) is 0 Å². The molecule has 0 aromatic heterocycles. The van der Waals surface area contributed by atoms with Gasteiger partial charge in [-0.3, -0.25) is 0 Å². The lowest BCUT2D eigenvalue weighted by atomic mass is 10.1. The summed E-state index contributed by atoms with van der Waals surface area (Å²) in [6.45, 7) is 4.78. The van der Waals surface area contributed by atoms with Crippen molar-refractivity contribution < 1.29 is 0 Å². The predicted octanol–water partition coefficient (Wildman–Crippen LogP) is 3.28. The van der Waals surface area contributed by atoms with Crippen LogP contribution in [0.1, 0.15) is 17.9 Å². The highest BCUT2D eigenvalue weighted by Crippen LogP contribution is 2.57. The highest BCUT2D eigenvalue weighted by Gasteiger charge is 2.39. The monoisotopic (exact) mass is 178 g/mol. The maximum absolute atomic E-state index is 2.39. The molecule has 0 radical (unpaired) electrons. The molecule has 1 fully saturated rings. The molecule has 1 heteroatoms. The van der Waals surface area contributed by atoms with Gasteiger partial charge < -0.3 is 0 Å². The van der Waals surface area contributed by atoms with Gasteiger partial charge in [-0.25, -0.2) is 0 Å². The van der Waals surface area contributed by atoms with Crippen molar-refractivity contribution in [2.24, 2.45) is 0 Å². The van der Waals surface area contributed by atoms with Gasteiger partial charge >= 0.3 is 0 Å². The van der Waals surface area contributed by atoms with Crippen molar-refractivity contribution >= 4 is 7.92 Å². The molecular formula is C11H15P. The van der Waals surface area contributed by atoms with Crippen LogP contribution in [-0.2, 0) is 0 Å². The Kier molecular flexibility index (Phi) is 2.19. The summed E-state index contributed by atoms with van der Waals surface area (Å²) < 4.78 is 0. The predicted molar refractivity (Wildman–Crippen MR) is 56.4 cm³/mol. The molecule has 0 heterocycles. The third kappa shape index (κ3) is 1.54. The average molecular weight is 178 g/mol. The number of benzene rings is 1. The second-order valence-corrected chi connectivity index (χ2v) is 6.37. The molecule has 1 aliphatic rings. The van der Waals surface area contributed by atoms with Crippen molar-refractivity contribution in [2.75, 3.05) is 13.3 Å². The molecule has 0 spiro atoms. The first-order valence-electron chi connectivity index (χ1n) is 4.50. The van der Waals surface area contributed by atoms with E-state index in [0.29, 0.717) is 0 Å². The standard InChI is InChI=1S/C11H15P/c1-12(2)11-8-10(11)9-6-4-3-5-7-9/h3-7,10-11H,8H2,1-2H3/t10-,11+/m0/s1. The summed E-state index contributed by atoms with van der Waals surface area (Å²) in [6.07, 6.45) is 1.43. The van der Waals surface area contributed by atoms with Crippen LogP contribution < -0.4 is 0 Å². The van der Waals surface area contributed by atoms with E-state index in [2.05, 4.69) is 43.7 Å². The molecule has 2 atom stereocenters. The fourth-order valence-corrected chi connectivity index (χ4v) is 3.35. The molecule has 0 aliphatic heterocycles. The smallest absolute Gasteiger partial charge is 0.00880 e. The molecule has 0 saturated heterocycles. The van der Waals surface area contributed by atoms with E-state index in [9.17, 15) is 0 Å². The van der Waals surface area contributed by atoms with Gasteiger partial charge in [-0.05, 0) is 36.9 Å². The lowest BCUT2D eigenvalue weighted by Gasteiger charge is -2.03. The molecule has 0 nitrogen and oxygen atoms in total. The Labute approximate surface area is 75.7 Å². The summed E-state index contributed by atoms with van der Waals surface area (Å²) in [5.41, 5.74) is 2.57. The molecule has 0 unspecified atom stereocenters. The summed E-state index contributed by atoms with van der Waals surface area (Å²) in [5, 5.41) is 0. The summed E-state index contributed by atoms with van der Waals surface area (Å²) in [5.74, 6) is 0.896. The van der Waals surface area contributed by atoms with Crippen LogP contribution >= 0.6 is 7.92 Å². The van der Waals surface area contributed by atoms with E-state index in [0.717, 1.165) is 11.6 Å². The second-order valence-electron chi connectivity index (χ2n) is 3.78. The van der Waals surface area contributed by atoms with Gasteiger partial charge in [0.05, 0.1) is 0 Å². The Morgan fingerprint density at radius 3 is 2.33 bits per heavy atom. The molecule has 1 aromatic carbocycles. The maximum Gasteiger partial charge on any atom is -0.00880 e. The fourth-order valence-electron chi connectivity index (χ4n) is 1.81. The topological polar surface area (TPSA) is 0 Å². The quantitative estimate of drug-likeness (QED) is 0.609. The summed E-state index contributed by atoms with van der Waals surface area (Å²) in [4.78, 5) is 0. The largest absolute Gasteiger partial charge is 0.109 e. The lowest BCUT2D eigenvalue weighted by molar-refractivity contribution is 1.13. The fraction of sp³-hybridized carbons (Fsp3) is 0.455. The highest BCUT2D eigenvalue weighted by molar-refractivity contribution is 7.57. The van der Waals surface area contributed by atoms with E-state index in [4.69, 9.17) is 0 Å². The first-order chi connectivity index (χ1) is 5.79. The Balaban J connectivity index is 2.06. The van der Waals surface area contributed by atoms with Crippen LogP contribution in [0.15, 0.2) is 30.3 Å². The average Bonchev–Trinajstić information content (AvgIpc) is 2.84. The van der Waals surface area contributed by atoms with Crippen LogP contribution in [-0.4, -0.2) is 19.0 Å². The molecule has 2 rings (SSSR count). The van der Waals surface area contributed by atoms with Crippen molar-refractivity contribution in [3.05, 3.63) is 35.9 Å².